The van der Waals surface area contributed by atoms with Gasteiger partial charge in [0.05, 0.1) is 18.8 Å². The third-order valence-electron chi connectivity index (χ3n) is 4.74. The third kappa shape index (κ3) is 3.24. The van der Waals surface area contributed by atoms with Gasteiger partial charge in [-0.3, -0.25) is 4.79 Å². The van der Waals surface area contributed by atoms with Crippen LogP contribution in [0.4, 0.5) is 0 Å². The molecular weight excluding hydrogens is 362 g/mol. The van der Waals surface area contributed by atoms with Crippen molar-refractivity contribution in [3.8, 4) is 0 Å². The van der Waals surface area contributed by atoms with Crippen LogP contribution in [0.3, 0.4) is 0 Å². The largest absolute Gasteiger partial charge is 0.503 e. The maximum absolute atomic E-state index is 12.9. The van der Waals surface area contributed by atoms with Crippen molar-refractivity contribution in [1.29, 1.82) is 0 Å². The molecule has 0 spiro atoms. The first-order chi connectivity index (χ1) is 13.0. The van der Waals surface area contributed by atoms with Crippen LogP contribution >= 0.6 is 11.6 Å². The Balaban J connectivity index is 1.84. The summed E-state index contributed by atoms with van der Waals surface area (Å²) in [4.78, 5) is 14.5. The lowest BCUT2D eigenvalue weighted by Gasteiger charge is -2.26. The van der Waals surface area contributed by atoms with E-state index in [2.05, 4.69) is 0 Å². The minimum Gasteiger partial charge on any atom is -0.503 e. The van der Waals surface area contributed by atoms with Gasteiger partial charge in [-0.2, -0.15) is 0 Å². The van der Waals surface area contributed by atoms with Gasteiger partial charge in [0.1, 0.15) is 5.76 Å². The number of aryl methyl sites for hydroxylation is 1. The van der Waals surface area contributed by atoms with E-state index in [1.807, 2.05) is 55.5 Å². The quantitative estimate of drug-likeness (QED) is 0.669. The van der Waals surface area contributed by atoms with Crippen LogP contribution < -0.4 is 0 Å². The molecule has 1 amide bonds. The Labute approximate surface area is 162 Å². The highest BCUT2D eigenvalue weighted by Crippen LogP contribution is 2.44. The number of benzene rings is 2. The van der Waals surface area contributed by atoms with E-state index in [9.17, 15) is 9.90 Å². The Bertz CT molecular complexity index is 1010. The van der Waals surface area contributed by atoms with Gasteiger partial charge in [0.2, 0.25) is 0 Å². The van der Waals surface area contributed by atoms with Gasteiger partial charge in [0, 0.05) is 10.6 Å². The number of halogens is 1. The van der Waals surface area contributed by atoms with Crippen LogP contribution in [0.5, 0.6) is 0 Å². The Morgan fingerprint density at radius 2 is 1.89 bits per heavy atom. The second kappa shape index (κ2) is 6.97. The zero-order chi connectivity index (χ0) is 19.0. The highest BCUT2D eigenvalue weighted by Gasteiger charge is 2.41. The second-order valence-corrected chi connectivity index (χ2v) is 7.03. The van der Waals surface area contributed by atoms with Crippen molar-refractivity contribution in [2.45, 2.75) is 19.5 Å². The highest BCUT2D eigenvalue weighted by molar-refractivity contribution is 6.30. The minimum atomic E-state index is -0.455. The molecule has 0 radical (unpaired) electrons. The van der Waals surface area contributed by atoms with E-state index < -0.39 is 11.9 Å². The summed E-state index contributed by atoms with van der Waals surface area (Å²) in [5.74, 6) is -0.0179. The van der Waals surface area contributed by atoms with E-state index in [4.69, 9.17) is 16.0 Å². The summed E-state index contributed by atoms with van der Waals surface area (Å²) >= 11 is 6.20. The summed E-state index contributed by atoms with van der Waals surface area (Å²) < 4.78 is 5.42. The number of hydrogen-bond donors (Lipinski definition) is 1. The van der Waals surface area contributed by atoms with Crippen LogP contribution in [-0.2, 0) is 11.3 Å². The molecule has 1 atom stereocenters. The summed E-state index contributed by atoms with van der Waals surface area (Å²) in [5, 5.41) is 11.3. The molecule has 27 heavy (non-hydrogen) atoms. The fourth-order valence-corrected chi connectivity index (χ4v) is 3.64. The first-order valence-electron chi connectivity index (χ1n) is 8.63. The molecule has 4 nitrogen and oxygen atoms in total. The molecule has 0 saturated carbocycles. The Hall–Kier alpha value is -2.98. The molecule has 3 aromatic rings. The van der Waals surface area contributed by atoms with E-state index in [1.54, 1.807) is 23.3 Å². The number of furan rings is 1. The molecule has 4 rings (SSSR count). The van der Waals surface area contributed by atoms with Crippen molar-refractivity contribution < 1.29 is 14.3 Å². The van der Waals surface area contributed by atoms with Gasteiger partial charge in [-0.05, 0) is 42.3 Å². The molecule has 0 aliphatic carbocycles. The molecule has 1 aromatic heterocycles. The molecule has 2 aromatic carbocycles. The molecule has 1 aliphatic rings. The van der Waals surface area contributed by atoms with Crippen LogP contribution in [0.25, 0.3) is 5.57 Å². The minimum absolute atomic E-state index is 0.240. The average molecular weight is 380 g/mol. The molecule has 136 valence electrons. The zero-order valence-corrected chi connectivity index (χ0v) is 15.5. The van der Waals surface area contributed by atoms with Gasteiger partial charge >= 0.3 is 0 Å². The Morgan fingerprint density at radius 1 is 1.11 bits per heavy atom. The fraction of sp³-hybridized carbons (Fsp3) is 0.136. The van der Waals surface area contributed by atoms with E-state index in [0.717, 1.165) is 16.7 Å². The Kier molecular flexibility index (Phi) is 4.50. The van der Waals surface area contributed by atoms with Gasteiger partial charge in [0.25, 0.3) is 5.91 Å². The van der Waals surface area contributed by atoms with E-state index in [0.29, 0.717) is 16.4 Å². The number of rotatable bonds is 4. The lowest BCUT2D eigenvalue weighted by Crippen LogP contribution is -2.29. The SMILES string of the molecule is Cc1ccc(C2=C(O)C(=O)N(Cc3ccco3)[C@@H]2c2cccc(Cl)c2)cc1. The summed E-state index contributed by atoms with van der Waals surface area (Å²) in [6.07, 6.45) is 1.57. The molecule has 0 saturated heterocycles. The average Bonchev–Trinajstić information content (AvgIpc) is 3.25. The number of hydrogen-bond acceptors (Lipinski definition) is 3. The first kappa shape index (κ1) is 17.4. The maximum atomic E-state index is 12.9. The van der Waals surface area contributed by atoms with Crippen LogP contribution in [0.1, 0.15) is 28.5 Å². The highest BCUT2D eigenvalue weighted by atomic mass is 35.5. The third-order valence-corrected chi connectivity index (χ3v) is 4.97. The van der Waals surface area contributed by atoms with E-state index >= 15 is 0 Å². The van der Waals surface area contributed by atoms with E-state index in [1.165, 1.54) is 0 Å². The lowest BCUT2D eigenvalue weighted by molar-refractivity contribution is -0.130. The molecule has 0 fully saturated rings. The van der Waals surface area contributed by atoms with Crippen molar-refractivity contribution in [1.82, 2.24) is 4.90 Å². The van der Waals surface area contributed by atoms with Crippen LogP contribution in [-0.4, -0.2) is 15.9 Å². The second-order valence-electron chi connectivity index (χ2n) is 6.60. The van der Waals surface area contributed by atoms with Crippen LogP contribution in [0.15, 0.2) is 77.1 Å². The summed E-state index contributed by atoms with van der Waals surface area (Å²) in [6, 6.07) is 18.3. The van der Waals surface area contributed by atoms with Gasteiger partial charge in [-0.25, -0.2) is 0 Å². The van der Waals surface area contributed by atoms with Gasteiger partial charge in [-0.1, -0.05) is 53.6 Å². The monoisotopic (exact) mass is 379 g/mol. The van der Waals surface area contributed by atoms with Crippen molar-refractivity contribution >= 4 is 23.1 Å². The predicted molar refractivity (Wildman–Crippen MR) is 104 cm³/mol. The molecule has 1 N–H and O–H groups in total. The van der Waals surface area contributed by atoms with Gasteiger partial charge in [0.15, 0.2) is 5.76 Å². The fourth-order valence-electron chi connectivity index (χ4n) is 3.44. The molecule has 0 bridgehead atoms. The van der Waals surface area contributed by atoms with Gasteiger partial charge < -0.3 is 14.4 Å². The number of nitrogens with zero attached hydrogens (tertiary/aromatic N) is 1. The normalized spacial score (nSPS) is 17.0. The van der Waals surface area contributed by atoms with Crippen molar-refractivity contribution in [3.05, 3.63) is 100 Å². The van der Waals surface area contributed by atoms with Crippen molar-refractivity contribution in [2.24, 2.45) is 0 Å². The molecule has 2 heterocycles. The zero-order valence-electron chi connectivity index (χ0n) is 14.7. The standard InChI is InChI=1S/C22H18ClNO3/c1-14-7-9-15(10-8-14)19-20(16-4-2-5-17(23)12-16)24(22(26)21(19)25)13-18-6-3-11-27-18/h2-12,20,25H,13H2,1H3/t20-/m1/s1. The topological polar surface area (TPSA) is 53.7 Å². The molecular formula is C22H18ClNO3. The maximum Gasteiger partial charge on any atom is 0.290 e. The number of amides is 1. The number of carbonyl (C=O) groups excluding carboxylic acids is 1. The van der Waals surface area contributed by atoms with Gasteiger partial charge in [-0.15, -0.1) is 0 Å². The van der Waals surface area contributed by atoms with Crippen molar-refractivity contribution in [2.75, 3.05) is 0 Å². The van der Waals surface area contributed by atoms with Crippen LogP contribution in [0.2, 0.25) is 5.02 Å². The number of aliphatic hydroxyl groups is 1. The summed E-state index contributed by atoms with van der Waals surface area (Å²) in [7, 11) is 0. The summed E-state index contributed by atoms with van der Waals surface area (Å²) in [5.41, 5.74) is 3.32. The molecule has 5 heteroatoms. The van der Waals surface area contributed by atoms with Crippen molar-refractivity contribution in [3.63, 3.8) is 0 Å². The summed E-state index contributed by atoms with van der Waals surface area (Å²) in [6.45, 7) is 2.25. The number of carbonyl (C=O) groups is 1. The first-order valence-corrected chi connectivity index (χ1v) is 9.01. The molecule has 1 aliphatic heterocycles. The lowest BCUT2D eigenvalue weighted by atomic mass is 9.93. The smallest absolute Gasteiger partial charge is 0.290 e. The van der Waals surface area contributed by atoms with Crippen LogP contribution in [0, 0.1) is 6.92 Å². The number of aliphatic hydroxyl groups excluding tert-OH is 1. The predicted octanol–water partition coefficient (Wildman–Crippen LogP) is 5.29. The van der Waals surface area contributed by atoms with E-state index in [-0.39, 0.29) is 12.3 Å². The molecule has 0 unspecified atom stereocenters. The Morgan fingerprint density at radius 3 is 2.56 bits per heavy atom.